The van der Waals surface area contributed by atoms with Crippen LogP contribution in [0.2, 0.25) is 0 Å². The van der Waals surface area contributed by atoms with Gasteiger partial charge in [-0.05, 0) is 13.3 Å². The largest absolute Gasteiger partial charge is 0.392 e. The third-order valence-corrected chi connectivity index (χ3v) is 5.71. The van der Waals surface area contributed by atoms with Gasteiger partial charge in [-0.1, -0.05) is 25.6 Å². The lowest BCUT2D eigenvalue weighted by Crippen LogP contribution is -2.56. The lowest BCUT2D eigenvalue weighted by Gasteiger charge is -2.39. The van der Waals surface area contributed by atoms with Crippen molar-refractivity contribution in [2.75, 3.05) is 32.4 Å². The molecule has 2 atom stereocenters. The highest BCUT2D eigenvalue weighted by Crippen LogP contribution is 2.13. The summed E-state index contributed by atoms with van der Waals surface area (Å²) in [5, 5.41) is -0.980. The Morgan fingerprint density at radius 1 is 1.29 bits per heavy atom. The minimum atomic E-state index is -3.35. The van der Waals surface area contributed by atoms with Gasteiger partial charge in [0.1, 0.15) is 5.25 Å². The zero-order valence-corrected chi connectivity index (χ0v) is 14.5. The molecule has 0 aromatic heterocycles. The maximum atomic E-state index is 12.2. The number of amides is 1. The summed E-state index contributed by atoms with van der Waals surface area (Å²) < 4.78 is 22.9. The number of carbonyl (C=O) groups excluding carboxylic acids is 1. The summed E-state index contributed by atoms with van der Waals surface area (Å²) in [5.74, 6) is -0.320. The van der Waals surface area contributed by atoms with Crippen LogP contribution in [0.1, 0.15) is 26.7 Å². The van der Waals surface area contributed by atoms with Crippen LogP contribution in [0.4, 0.5) is 0 Å². The molecule has 2 unspecified atom stereocenters. The SMILES string of the molecule is CCCC(C(N)=S)N1CCN(C(=O)C(C)S(C)(=O)=O)CC1. The van der Waals surface area contributed by atoms with Crippen molar-refractivity contribution in [2.45, 2.75) is 38.0 Å². The van der Waals surface area contributed by atoms with Crippen molar-refractivity contribution in [3.05, 3.63) is 0 Å². The number of carbonyl (C=O) groups is 1. The van der Waals surface area contributed by atoms with E-state index in [0.717, 1.165) is 19.1 Å². The van der Waals surface area contributed by atoms with Crippen molar-refractivity contribution in [1.29, 1.82) is 0 Å². The minimum Gasteiger partial charge on any atom is -0.392 e. The number of sulfone groups is 1. The predicted octanol–water partition coefficient (Wildman–Crippen LogP) is 0.0185. The molecule has 1 amide bonds. The molecule has 0 aromatic rings. The second kappa shape index (κ2) is 7.51. The fraction of sp³-hybridized carbons (Fsp3) is 0.846. The van der Waals surface area contributed by atoms with Crippen molar-refractivity contribution in [2.24, 2.45) is 5.73 Å². The van der Waals surface area contributed by atoms with Crippen molar-refractivity contribution < 1.29 is 13.2 Å². The molecule has 0 aliphatic carbocycles. The van der Waals surface area contributed by atoms with Crippen LogP contribution in [0.15, 0.2) is 0 Å². The minimum absolute atomic E-state index is 0.0644. The molecule has 1 heterocycles. The molecule has 0 bridgehead atoms. The number of nitrogens with two attached hydrogens (primary N) is 1. The molecule has 122 valence electrons. The summed E-state index contributed by atoms with van der Waals surface area (Å²) in [6.45, 7) is 5.90. The lowest BCUT2D eigenvalue weighted by molar-refractivity contribution is -0.132. The van der Waals surface area contributed by atoms with Gasteiger partial charge in [-0.3, -0.25) is 9.69 Å². The fourth-order valence-electron chi connectivity index (χ4n) is 2.47. The van der Waals surface area contributed by atoms with Gasteiger partial charge in [0, 0.05) is 32.4 Å². The molecule has 0 aromatic carbocycles. The molecule has 0 spiro atoms. The van der Waals surface area contributed by atoms with Crippen LogP contribution >= 0.6 is 12.2 Å². The molecule has 1 rings (SSSR count). The van der Waals surface area contributed by atoms with Gasteiger partial charge < -0.3 is 10.6 Å². The van der Waals surface area contributed by atoms with E-state index in [9.17, 15) is 13.2 Å². The predicted molar refractivity (Wildman–Crippen MR) is 87.9 cm³/mol. The van der Waals surface area contributed by atoms with E-state index in [2.05, 4.69) is 11.8 Å². The van der Waals surface area contributed by atoms with Crippen LogP contribution in [-0.2, 0) is 14.6 Å². The van der Waals surface area contributed by atoms with Crippen molar-refractivity contribution >= 4 is 33.0 Å². The average molecular weight is 335 g/mol. The first-order valence-corrected chi connectivity index (χ1v) is 9.55. The molecular weight excluding hydrogens is 310 g/mol. The Bertz CT molecular complexity index is 485. The fourth-order valence-corrected chi connectivity index (χ4v) is 3.25. The molecule has 2 N–H and O–H groups in total. The molecule has 1 aliphatic rings. The van der Waals surface area contributed by atoms with Gasteiger partial charge in [0.25, 0.3) is 0 Å². The van der Waals surface area contributed by atoms with Crippen molar-refractivity contribution in [3.8, 4) is 0 Å². The highest BCUT2D eigenvalue weighted by Gasteiger charge is 2.32. The first-order valence-electron chi connectivity index (χ1n) is 7.19. The van der Waals surface area contributed by atoms with Crippen LogP contribution in [-0.4, -0.2) is 72.8 Å². The first-order chi connectivity index (χ1) is 9.68. The lowest BCUT2D eigenvalue weighted by atomic mass is 10.1. The highest BCUT2D eigenvalue weighted by molar-refractivity contribution is 7.92. The number of piperazine rings is 1. The van der Waals surface area contributed by atoms with Gasteiger partial charge in [0.2, 0.25) is 5.91 Å². The Balaban J connectivity index is 2.63. The quantitative estimate of drug-likeness (QED) is 0.689. The third-order valence-electron chi connectivity index (χ3n) is 3.95. The number of hydrogen-bond donors (Lipinski definition) is 1. The molecule has 1 saturated heterocycles. The summed E-state index contributed by atoms with van der Waals surface area (Å²) in [6, 6.07) is 0.0644. The molecule has 0 saturated carbocycles. The van der Waals surface area contributed by atoms with Crippen molar-refractivity contribution in [1.82, 2.24) is 9.80 Å². The monoisotopic (exact) mass is 335 g/mol. The Kier molecular flexibility index (Phi) is 6.55. The van der Waals surface area contributed by atoms with E-state index >= 15 is 0 Å². The molecular formula is C13H25N3O3S2. The van der Waals surface area contributed by atoms with Gasteiger partial charge in [-0.15, -0.1) is 0 Å². The van der Waals surface area contributed by atoms with Crippen molar-refractivity contribution in [3.63, 3.8) is 0 Å². The average Bonchev–Trinajstić information content (AvgIpc) is 2.42. The Hall–Kier alpha value is -0.730. The number of nitrogens with zero attached hydrogens (tertiary/aromatic N) is 2. The van der Waals surface area contributed by atoms with E-state index in [1.807, 2.05) is 0 Å². The zero-order valence-electron chi connectivity index (χ0n) is 12.9. The highest BCUT2D eigenvalue weighted by atomic mass is 32.2. The zero-order chi connectivity index (χ0) is 16.2. The number of thiocarbonyl (C=S) groups is 1. The molecule has 8 heteroatoms. The first kappa shape index (κ1) is 18.3. The molecule has 21 heavy (non-hydrogen) atoms. The second-order valence-electron chi connectivity index (χ2n) is 5.54. The maximum Gasteiger partial charge on any atom is 0.240 e. The van der Waals surface area contributed by atoms with Crippen LogP contribution < -0.4 is 5.73 Å². The summed E-state index contributed by atoms with van der Waals surface area (Å²) in [6.07, 6.45) is 2.99. The van der Waals surface area contributed by atoms with Crippen LogP contribution in [0.25, 0.3) is 0 Å². The van der Waals surface area contributed by atoms with Gasteiger partial charge >= 0.3 is 0 Å². The van der Waals surface area contributed by atoms with Crippen LogP contribution in [0.3, 0.4) is 0 Å². The van der Waals surface area contributed by atoms with Gasteiger partial charge in [-0.25, -0.2) is 8.42 Å². The molecule has 6 nitrogen and oxygen atoms in total. The normalized spacial score (nSPS) is 20.0. The summed E-state index contributed by atoms with van der Waals surface area (Å²) in [4.78, 5) is 16.4. The topological polar surface area (TPSA) is 83.7 Å². The van der Waals surface area contributed by atoms with E-state index in [1.54, 1.807) is 4.90 Å². The van der Waals surface area contributed by atoms with Gasteiger partial charge in [0.05, 0.1) is 11.0 Å². The van der Waals surface area contributed by atoms with Crippen LogP contribution in [0, 0.1) is 0 Å². The summed E-state index contributed by atoms with van der Waals surface area (Å²) in [5.41, 5.74) is 5.78. The standard InChI is InChI=1S/C13H25N3O3S2/c1-4-5-11(12(14)20)15-6-8-16(9-7-15)13(17)10(2)21(3,18)19/h10-11H,4-9H2,1-3H3,(H2,14,20). The summed E-state index contributed by atoms with van der Waals surface area (Å²) in [7, 11) is -3.35. The van der Waals surface area contributed by atoms with E-state index in [4.69, 9.17) is 18.0 Å². The molecule has 1 aliphatic heterocycles. The summed E-state index contributed by atoms with van der Waals surface area (Å²) >= 11 is 5.11. The maximum absolute atomic E-state index is 12.2. The van der Waals surface area contributed by atoms with Crippen LogP contribution in [0.5, 0.6) is 0 Å². The smallest absolute Gasteiger partial charge is 0.240 e. The molecule has 1 fully saturated rings. The van der Waals surface area contributed by atoms with E-state index < -0.39 is 15.1 Å². The second-order valence-corrected chi connectivity index (χ2v) is 8.38. The Morgan fingerprint density at radius 3 is 2.19 bits per heavy atom. The number of hydrogen-bond acceptors (Lipinski definition) is 5. The third kappa shape index (κ3) is 4.89. The van der Waals surface area contributed by atoms with Gasteiger partial charge in [-0.2, -0.15) is 0 Å². The Morgan fingerprint density at radius 2 is 1.81 bits per heavy atom. The van der Waals surface area contributed by atoms with Gasteiger partial charge in [0.15, 0.2) is 9.84 Å². The van der Waals surface area contributed by atoms with E-state index in [1.165, 1.54) is 6.92 Å². The van der Waals surface area contributed by atoms with E-state index in [-0.39, 0.29) is 11.9 Å². The number of rotatable bonds is 6. The van der Waals surface area contributed by atoms with E-state index in [0.29, 0.717) is 31.2 Å². The molecule has 0 radical (unpaired) electrons. The Labute approximate surface area is 132 Å².